The molecule has 31 heavy (non-hydrogen) atoms. The number of esters is 1. The Morgan fingerprint density at radius 1 is 1.23 bits per heavy atom. The van der Waals surface area contributed by atoms with Crippen LogP contribution < -0.4 is 11.1 Å². The number of aliphatic imine (C=N–C) groups is 1. The number of benzene rings is 1. The molecule has 2 unspecified atom stereocenters. The van der Waals surface area contributed by atoms with E-state index in [-0.39, 0.29) is 12.6 Å². The Morgan fingerprint density at radius 2 is 1.97 bits per heavy atom. The van der Waals surface area contributed by atoms with Crippen molar-refractivity contribution in [1.82, 2.24) is 5.32 Å². The first-order valence-electron chi connectivity index (χ1n) is 10.9. The molecule has 170 valence electrons. The molecule has 7 nitrogen and oxygen atoms in total. The number of nitrogens with zero attached hydrogens (tertiary/aromatic N) is 1. The smallest absolute Gasteiger partial charge is 0.408 e. The molecule has 0 saturated heterocycles. The Morgan fingerprint density at radius 3 is 2.68 bits per heavy atom. The summed E-state index contributed by atoms with van der Waals surface area (Å²) in [6, 6.07) is 8.74. The number of ether oxygens (including phenoxy) is 2. The van der Waals surface area contributed by atoms with Gasteiger partial charge in [0.15, 0.2) is 0 Å². The van der Waals surface area contributed by atoms with Crippen LogP contribution >= 0.6 is 0 Å². The highest BCUT2D eigenvalue weighted by molar-refractivity contribution is 5.81. The first kappa shape index (κ1) is 24.4. The molecule has 1 heterocycles. The molecule has 0 aliphatic carbocycles. The van der Waals surface area contributed by atoms with Crippen LogP contribution in [0.1, 0.15) is 64.9 Å². The molecule has 1 aromatic carbocycles. The minimum atomic E-state index is -0.836. The van der Waals surface area contributed by atoms with Crippen LogP contribution in [0.5, 0.6) is 0 Å². The van der Waals surface area contributed by atoms with E-state index >= 15 is 0 Å². The number of hydrogen-bond acceptors (Lipinski definition) is 6. The summed E-state index contributed by atoms with van der Waals surface area (Å²) < 4.78 is 10.7. The van der Waals surface area contributed by atoms with Crippen molar-refractivity contribution in [2.45, 2.75) is 83.6 Å². The Bertz CT molecular complexity index is 769. The van der Waals surface area contributed by atoms with Gasteiger partial charge in [-0.2, -0.15) is 0 Å². The van der Waals surface area contributed by atoms with Crippen molar-refractivity contribution >= 4 is 17.9 Å². The second-order valence-corrected chi connectivity index (χ2v) is 8.75. The Hall–Kier alpha value is -2.83. The van der Waals surface area contributed by atoms with Gasteiger partial charge in [0.05, 0.1) is 11.9 Å². The summed E-state index contributed by atoms with van der Waals surface area (Å²) in [5.41, 5.74) is 6.13. The predicted molar refractivity (Wildman–Crippen MR) is 122 cm³/mol. The lowest BCUT2D eigenvalue weighted by molar-refractivity contribution is -0.147. The standard InChI is InChI=1S/C24H35N3O4/c1-24(2,3)31-23(29)27-20(22(28)30-17-18-11-5-4-6-12-18)15-9-7-13-19-14-8-10-16-21(25)26-19/h4-7,9,11-12,19-20H,8,10,13-17H2,1-3H3,(H2,25,26)(H,27,29). The van der Waals surface area contributed by atoms with Gasteiger partial charge in [0, 0.05) is 6.42 Å². The van der Waals surface area contributed by atoms with Gasteiger partial charge in [-0.15, -0.1) is 0 Å². The highest BCUT2D eigenvalue weighted by atomic mass is 16.6. The first-order valence-corrected chi connectivity index (χ1v) is 10.9. The molecule has 0 aromatic heterocycles. The quantitative estimate of drug-likeness (QED) is 0.475. The zero-order valence-corrected chi connectivity index (χ0v) is 18.8. The Labute approximate surface area is 185 Å². The average Bonchev–Trinajstić information content (AvgIpc) is 2.91. The summed E-state index contributed by atoms with van der Waals surface area (Å²) in [4.78, 5) is 29.4. The van der Waals surface area contributed by atoms with E-state index in [0.717, 1.165) is 37.7 Å². The lowest BCUT2D eigenvalue weighted by Gasteiger charge is -2.22. The highest BCUT2D eigenvalue weighted by Gasteiger charge is 2.24. The molecule has 1 aromatic rings. The van der Waals surface area contributed by atoms with Gasteiger partial charge in [0.2, 0.25) is 0 Å². The van der Waals surface area contributed by atoms with Crippen LogP contribution in [0.3, 0.4) is 0 Å². The van der Waals surface area contributed by atoms with Gasteiger partial charge in [0.1, 0.15) is 18.2 Å². The Balaban J connectivity index is 1.94. The number of alkyl carbamates (subject to hydrolysis) is 1. The normalized spacial score (nSPS) is 18.0. The molecule has 2 rings (SSSR count). The van der Waals surface area contributed by atoms with E-state index in [4.69, 9.17) is 15.2 Å². The van der Waals surface area contributed by atoms with E-state index in [2.05, 4.69) is 10.3 Å². The van der Waals surface area contributed by atoms with E-state index < -0.39 is 23.7 Å². The predicted octanol–water partition coefficient (Wildman–Crippen LogP) is 4.26. The Kier molecular flexibility index (Phi) is 9.56. The van der Waals surface area contributed by atoms with Crippen molar-refractivity contribution in [2.24, 2.45) is 10.7 Å². The molecule has 0 spiro atoms. The maximum absolute atomic E-state index is 12.6. The molecule has 1 aliphatic heterocycles. The number of rotatable bonds is 8. The molecule has 3 N–H and O–H groups in total. The molecule has 0 saturated carbocycles. The van der Waals surface area contributed by atoms with E-state index in [1.54, 1.807) is 20.8 Å². The molecule has 0 fully saturated rings. The van der Waals surface area contributed by atoms with Crippen molar-refractivity contribution < 1.29 is 19.1 Å². The van der Waals surface area contributed by atoms with Crippen molar-refractivity contribution in [3.8, 4) is 0 Å². The van der Waals surface area contributed by atoms with Gasteiger partial charge >= 0.3 is 12.1 Å². The van der Waals surface area contributed by atoms with Gasteiger partial charge in [-0.3, -0.25) is 4.99 Å². The van der Waals surface area contributed by atoms with Gasteiger partial charge in [-0.1, -0.05) is 48.9 Å². The topological polar surface area (TPSA) is 103 Å². The number of amidine groups is 1. The largest absolute Gasteiger partial charge is 0.459 e. The van der Waals surface area contributed by atoms with Gasteiger partial charge in [-0.25, -0.2) is 9.59 Å². The van der Waals surface area contributed by atoms with Gasteiger partial charge < -0.3 is 20.5 Å². The molecule has 1 aliphatic rings. The number of nitrogens with two attached hydrogens (primary N) is 1. The second kappa shape index (κ2) is 12.1. The molecule has 0 radical (unpaired) electrons. The lowest BCUT2D eigenvalue weighted by atomic mass is 10.1. The molecule has 0 bridgehead atoms. The van der Waals surface area contributed by atoms with E-state index in [1.165, 1.54) is 0 Å². The number of nitrogens with one attached hydrogen (secondary N) is 1. The SMILES string of the molecule is CC(C)(C)OC(=O)NC(CC=CCC1CCCCC(N)=N1)C(=O)OCc1ccccc1. The third-order valence-corrected chi connectivity index (χ3v) is 4.71. The molecule has 2 atom stereocenters. The third kappa shape index (κ3) is 10.2. The lowest BCUT2D eigenvalue weighted by Crippen LogP contribution is -2.44. The van der Waals surface area contributed by atoms with Crippen LogP contribution in [0, 0.1) is 0 Å². The van der Waals surface area contributed by atoms with Crippen molar-refractivity contribution in [3.63, 3.8) is 0 Å². The van der Waals surface area contributed by atoms with E-state index in [0.29, 0.717) is 12.3 Å². The summed E-state index contributed by atoms with van der Waals surface area (Å²) in [6.07, 6.45) is 8.31. The van der Waals surface area contributed by atoms with Gasteiger partial charge in [0.25, 0.3) is 0 Å². The number of carbonyl (C=O) groups is 2. The van der Waals surface area contributed by atoms with Crippen molar-refractivity contribution in [2.75, 3.05) is 0 Å². The fraction of sp³-hybridized carbons (Fsp3) is 0.542. The fourth-order valence-electron chi connectivity index (χ4n) is 3.20. The minimum absolute atomic E-state index is 0.145. The minimum Gasteiger partial charge on any atom is -0.459 e. The first-order chi connectivity index (χ1) is 14.7. The van der Waals surface area contributed by atoms with Crippen LogP contribution in [0.2, 0.25) is 0 Å². The maximum Gasteiger partial charge on any atom is 0.408 e. The zero-order valence-electron chi connectivity index (χ0n) is 18.8. The zero-order chi connectivity index (χ0) is 22.7. The molecular weight excluding hydrogens is 394 g/mol. The molecular formula is C24H35N3O4. The van der Waals surface area contributed by atoms with Crippen molar-refractivity contribution in [3.05, 3.63) is 48.0 Å². The number of amides is 1. The number of hydrogen-bond donors (Lipinski definition) is 2. The van der Waals surface area contributed by atoms with Crippen LogP contribution in [-0.2, 0) is 20.9 Å². The summed E-state index contributed by atoms with van der Waals surface area (Å²) in [6.45, 7) is 5.46. The summed E-state index contributed by atoms with van der Waals surface area (Å²) in [5, 5.41) is 2.63. The fourth-order valence-corrected chi connectivity index (χ4v) is 3.20. The monoisotopic (exact) mass is 429 g/mol. The van der Waals surface area contributed by atoms with Crippen LogP contribution in [0.4, 0.5) is 4.79 Å². The third-order valence-electron chi connectivity index (χ3n) is 4.71. The van der Waals surface area contributed by atoms with Crippen LogP contribution in [0.25, 0.3) is 0 Å². The maximum atomic E-state index is 12.6. The van der Waals surface area contributed by atoms with E-state index in [9.17, 15) is 9.59 Å². The summed E-state index contributed by atoms with van der Waals surface area (Å²) in [5.74, 6) is 0.209. The van der Waals surface area contributed by atoms with Crippen LogP contribution in [-0.4, -0.2) is 35.6 Å². The van der Waals surface area contributed by atoms with E-state index in [1.807, 2.05) is 42.5 Å². The van der Waals surface area contributed by atoms with Gasteiger partial charge in [-0.05, 0) is 52.0 Å². The van der Waals surface area contributed by atoms with Crippen LogP contribution in [0.15, 0.2) is 47.5 Å². The van der Waals surface area contributed by atoms with Crippen molar-refractivity contribution in [1.29, 1.82) is 0 Å². The summed E-state index contributed by atoms with van der Waals surface area (Å²) in [7, 11) is 0. The second-order valence-electron chi connectivity index (χ2n) is 8.75. The molecule has 1 amide bonds. The summed E-state index contributed by atoms with van der Waals surface area (Å²) >= 11 is 0. The molecule has 7 heteroatoms. The number of carbonyl (C=O) groups excluding carboxylic acids is 2. The highest BCUT2D eigenvalue weighted by Crippen LogP contribution is 2.16. The average molecular weight is 430 g/mol.